The molecule has 0 radical (unpaired) electrons. The number of imidazole rings is 1. The van der Waals surface area contributed by atoms with Crippen molar-refractivity contribution in [2.75, 3.05) is 0 Å². The molecule has 7 heteroatoms. The standard InChI is InChI=1S/C16H16Cl2N2O3/c1-9(2)23-14-8-13(10(17)7-11(14)18)20-15(21)12-5-3-4-6-19(12)16(20)22/h3-4,7-9,21H,5-6H2,1-2H3. The first-order valence-corrected chi connectivity index (χ1v) is 8.00. The number of aromatic nitrogens is 2. The Morgan fingerprint density at radius 2 is 1.96 bits per heavy atom. The number of nitrogens with zero attached hydrogens (tertiary/aromatic N) is 2. The molecule has 122 valence electrons. The van der Waals surface area contributed by atoms with Gasteiger partial charge in [0.2, 0.25) is 5.88 Å². The van der Waals surface area contributed by atoms with E-state index < -0.39 is 0 Å². The Morgan fingerprint density at radius 1 is 1.22 bits per heavy atom. The van der Waals surface area contributed by atoms with Crippen molar-refractivity contribution in [2.24, 2.45) is 0 Å². The van der Waals surface area contributed by atoms with Gasteiger partial charge in [0.05, 0.1) is 27.5 Å². The lowest BCUT2D eigenvalue weighted by Gasteiger charge is -2.14. The van der Waals surface area contributed by atoms with E-state index in [1.165, 1.54) is 15.2 Å². The van der Waals surface area contributed by atoms with Crippen LogP contribution in [0.15, 0.2) is 29.1 Å². The smallest absolute Gasteiger partial charge is 0.336 e. The maximum absolute atomic E-state index is 12.6. The molecule has 1 N–H and O–H groups in total. The molecule has 0 aliphatic carbocycles. The minimum absolute atomic E-state index is 0.0849. The van der Waals surface area contributed by atoms with Crippen molar-refractivity contribution in [1.29, 1.82) is 0 Å². The van der Waals surface area contributed by atoms with Gasteiger partial charge in [0, 0.05) is 19.0 Å². The molecule has 0 spiro atoms. The molecule has 0 saturated heterocycles. The number of rotatable bonds is 3. The number of allylic oxidation sites excluding steroid dienone is 2. The van der Waals surface area contributed by atoms with Gasteiger partial charge in [0.1, 0.15) is 5.75 Å². The lowest BCUT2D eigenvalue weighted by Crippen LogP contribution is -2.25. The average Bonchev–Trinajstić information content (AvgIpc) is 2.74. The molecule has 5 nitrogen and oxygen atoms in total. The third kappa shape index (κ3) is 2.75. The van der Waals surface area contributed by atoms with Gasteiger partial charge in [0.25, 0.3) is 0 Å². The number of halogens is 2. The van der Waals surface area contributed by atoms with Crippen LogP contribution >= 0.6 is 23.2 Å². The Balaban J connectivity index is 2.20. The van der Waals surface area contributed by atoms with Crippen LogP contribution in [0.25, 0.3) is 5.69 Å². The number of hydrogen-bond acceptors (Lipinski definition) is 3. The van der Waals surface area contributed by atoms with E-state index in [9.17, 15) is 9.90 Å². The summed E-state index contributed by atoms with van der Waals surface area (Å²) in [7, 11) is 0. The molecule has 0 fully saturated rings. The van der Waals surface area contributed by atoms with E-state index in [0.29, 0.717) is 35.1 Å². The summed E-state index contributed by atoms with van der Waals surface area (Å²) >= 11 is 12.4. The molecule has 0 bridgehead atoms. The van der Waals surface area contributed by atoms with Crippen molar-refractivity contribution < 1.29 is 9.84 Å². The quantitative estimate of drug-likeness (QED) is 0.857. The zero-order chi connectivity index (χ0) is 16.7. The van der Waals surface area contributed by atoms with Crippen LogP contribution in [0, 0.1) is 0 Å². The van der Waals surface area contributed by atoms with E-state index in [0.717, 1.165) is 0 Å². The molecule has 1 aliphatic rings. The first-order chi connectivity index (χ1) is 10.9. The predicted octanol–water partition coefficient (Wildman–Crippen LogP) is 3.55. The van der Waals surface area contributed by atoms with Crippen LogP contribution in [0.4, 0.5) is 0 Å². The first kappa shape index (κ1) is 16.0. The monoisotopic (exact) mass is 354 g/mol. The van der Waals surface area contributed by atoms with Gasteiger partial charge in [-0.05, 0) is 19.9 Å². The van der Waals surface area contributed by atoms with Crippen molar-refractivity contribution in [2.45, 2.75) is 32.9 Å². The van der Waals surface area contributed by atoms with Gasteiger partial charge in [-0.2, -0.15) is 0 Å². The molecule has 0 atom stereocenters. The highest BCUT2D eigenvalue weighted by atomic mass is 35.5. The highest BCUT2D eigenvalue weighted by molar-refractivity contribution is 6.36. The van der Waals surface area contributed by atoms with E-state index in [4.69, 9.17) is 27.9 Å². The second kappa shape index (κ2) is 5.98. The molecule has 2 aromatic rings. The highest BCUT2D eigenvalue weighted by Crippen LogP contribution is 2.35. The summed E-state index contributed by atoms with van der Waals surface area (Å²) in [5, 5.41) is 11.1. The molecule has 0 unspecified atom stereocenters. The van der Waals surface area contributed by atoms with E-state index in [2.05, 4.69) is 0 Å². The summed E-state index contributed by atoms with van der Waals surface area (Å²) in [4.78, 5) is 12.6. The van der Waals surface area contributed by atoms with E-state index in [1.807, 2.05) is 26.0 Å². The van der Waals surface area contributed by atoms with E-state index in [-0.39, 0.29) is 22.7 Å². The Labute approximate surface area is 143 Å². The largest absolute Gasteiger partial charge is 0.493 e. The van der Waals surface area contributed by atoms with Gasteiger partial charge in [-0.15, -0.1) is 0 Å². The van der Waals surface area contributed by atoms with Gasteiger partial charge in [-0.25, -0.2) is 9.36 Å². The molecule has 1 aromatic heterocycles. The SMILES string of the molecule is CC(C)Oc1cc(-n2c(O)c3n(c2=O)CC=CC3)c(Cl)cc1Cl. The normalized spacial score (nSPS) is 13.4. The van der Waals surface area contributed by atoms with Gasteiger partial charge in [0.15, 0.2) is 0 Å². The lowest BCUT2D eigenvalue weighted by molar-refractivity contribution is 0.242. The molecule has 1 aromatic carbocycles. The summed E-state index contributed by atoms with van der Waals surface area (Å²) in [6.45, 7) is 4.17. The third-order valence-electron chi connectivity index (χ3n) is 3.59. The zero-order valence-corrected chi connectivity index (χ0v) is 14.2. The van der Waals surface area contributed by atoms with Crippen LogP contribution in [0.5, 0.6) is 11.6 Å². The molecule has 0 amide bonds. The highest BCUT2D eigenvalue weighted by Gasteiger charge is 2.23. The van der Waals surface area contributed by atoms with Gasteiger partial charge in [-0.3, -0.25) is 4.57 Å². The van der Waals surface area contributed by atoms with Crippen LogP contribution < -0.4 is 10.4 Å². The first-order valence-electron chi connectivity index (χ1n) is 7.24. The summed E-state index contributed by atoms with van der Waals surface area (Å²) in [6.07, 6.45) is 4.21. The fraction of sp³-hybridized carbons (Fsp3) is 0.312. The molecule has 23 heavy (non-hydrogen) atoms. The van der Waals surface area contributed by atoms with E-state index >= 15 is 0 Å². The summed E-state index contributed by atoms with van der Waals surface area (Å²) in [5.41, 5.74) is 0.563. The number of benzene rings is 1. The molecular weight excluding hydrogens is 339 g/mol. The number of aromatic hydroxyl groups is 1. The van der Waals surface area contributed by atoms with Crippen LogP contribution in [0.3, 0.4) is 0 Å². The molecule has 1 aliphatic heterocycles. The predicted molar refractivity (Wildman–Crippen MR) is 90.3 cm³/mol. The lowest BCUT2D eigenvalue weighted by atomic mass is 10.2. The minimum atomic E-state index is -0.346. The Kier molecular flexibility index (Phi) is 4.17. The number of fused-ring (bicyclic) bond motifs is 1. The van der Waals surface area contributed by atoms with E-state index in [1.54, 1.807) is 6.07 Å². The van der Waals surface area contributed by atoms with Gasteiger partial charge < -0.3 is 9.84 Å². The van der Waals surface area contributed by atoms with Gasteiger partial charge in [-0.1, -0.05) is 35.4 Å². The molecule has 2 heterocycles. The van der Waals surface area contributed by atoms with Crippen LogP contribution in [-0.4, -0.2) is 20.3 Å². The number of ether oxygens (including phenoxy) is 1. The molecule has 0 saturated carbocycles. The summed E-state index contributed by atoms with van der Waals surface area (Å²) < 4.78 is 8.34. The Bertz CT molecular complexity index is 850. The molecular formula is C16H16Cl2N2O3. The second-order valence-corrected chi connectivity index (χ2v) is 6.39. The van der Waals surface area contributed by atoms with Gasteiger partial charge >= 0.3 is 5.69 Å². The van der Waals surface area contributed by atoms with Crippen LogP contribution in [-0.2, 0) is 13.0 Å². The number of hydrogen-bond donors (Lipinski definition) is 1. The average molecular weight is 355 g/mol. The topological polar surface area (TPSA) is 56.4 Å². The van der Waals surface area contributed by atoms with Crippen LogP contribution in [0.1, 0.15) is 19.5 Å². The van der Waals surface area contributed by atoms with Crippen molar-refractivity contribution in [3.63, 3.8) is 0 Å². The minimum Gasteiger partial charge on any atom is -0.493 e. The van der Waals surface area contributed by atoms with Crippen molar-refractivity contribution in [3.05, 3.63) is 50.5 Å². The Hall–Kier alpha value is -1.85. The zero-order valence-electron chi connectivity index (χ0n) is 12.7. The summed E-state index contributed by atoms with van der Waals surface area (Å²) in [6, 6.07) is 3.09. The van der Waals surface area contributed by atoms with Crippen molar-refractivity contribution in [1.82, 2.24) is 9.13 Å². The maximum Gasteiger partial charge on any atom is 0.336 e. The third-order valence-corrected chi connectivity index (χ3v) is 4.19. The van der Waals surface area contributed by atoms with Crippen molar-refractivity contribution in [3.8, 4) is 17.3 Å². The van der Waals surface area contributed by atoms with Crippen molar-refractivity contribution >= 4 is 23.2 Å². The maximum atomic E-state index is 12.6. The second-order valence-electron chi connectivity index (χ2n) is 5.58. The van der Waals surface area contributed by atoms with Crippen LogP contribution in [0.2, 0.25) is 10.0 Å². The Morgan fingerprint density at radius 3 is 2.61 bits per heavy atom. The fourth-order valence-electron chi connectivity index (χ4n) is 2.59. The fourth-order valence-corrected chi connectivity index (χ4v) is 3.10. The summed E-state index contributed by atoms with van der Waals surface area (Å²) in [5.74, 6) is 0.300. The molecule has 3 rings (SSSR count).